The highest BCUT2D eigenvalue weighted by atomic mass is 28.2. The summed E-state index contributed by atoms with van der Waals surface area (Å²) >= 11 is 0. The largest absolute Gasteiger partial charge is 0.418 e. The van der Waals surface area contributed by atoms with Crippen LogP contribution in [0, 0.1) is 0 Å². The molecule has 0 bridgehead atoms. The molecule has 0 radical (unpaired) electrons. The van der Waals surface area contributed by atoms with Gasteiger partial charge in [-0.3, -0.25) is 0 Å². The van der Waals surface area contributed by atoms with Crippen molar-refractivity contribution in [1.82, 2.24) is 0 Å². The normalized spacial score (nSPS) is 12.0. The number of halogens is 2. The van der Waals surface area contributed by atoms with E-state index >= 15 is 0 Å². The first kappa shape index (κ1) is 7.04. The van der Waals surface area contributed by atoms with Crippen LogP contribution in [0.25, 0.3) is 0 Å². The molecule has 0 saturated carbocycles. The van der Waals surface area contributed by atoms with Crippen molar-refractivity contribution >= 4 is 9.76 Å². The lowest BCUT2D eigenvalue weighted by Crippen LogP contribution is -2.08. The van der Waals surface area contributed by atoms with Crippen LogP contribution >= 0.6 is 0 Å². The van der Waals surface area contributed by atoms with Crippen LogP contribution in [0.3, 0.4) is 0 Å². The number of rotatable bonds is 3. The third-order valence-electron chi connectivity index (χ3n) is 0.448. The molecule has 0 saturated heterocycles. The van der Waals surface area contributed by atoms with Crippen LogP contribution in [0.4, 0.5) is 8.78 Å². The molecule has 0 fully saturated rings. The maximum absolute atomic E-state index is 11.2. The highest BCUT2D eigenvalue weighted by Crippen LogP contribution is 1.87. The smallest absolute Gasteiger partial charge is 0.242 e. The summed E-state index contributed by atoms with van der Waals surface area (Å²) in [7, 11) is -1.49. The van der Waals surface area contributed by atoms with Gasteiger partial charge in [0, 0.05) is 6.61 Å². The van der Waals surface area contributed by atoms with Crippen molar-refractivity contribution in [2.75, 3.05) is 6.61 Å². The molecular formula is C3H8F2OSi. The van der Waals surface area contributed by atoms with Crippen molar-refractivity contribution in [3.05, 3.63) is 0 Å². The zero-order valence-corrected chi connectivity index (χ0v) is 5.57. The van der Waals surface area contributed by atoms with Gasteiger partial charge in [0.2, 0.25) is 15.8 Å². The first-order valence-electron chi connectivity index (χ1n) is 2.13. The molecule has 0 aliphatic carbocycles. The summed E-state index contributed by atoms with van der Waals surface area (Å²) in [6.45, 7) is 2.14. The summed E-state index contributed by atoms with van der Waals surface area (Å²) in [5, 5.41) is 0. The molecule has 0 rings (SSSR count). The Labute approximate surface area is 43.6 Å². The maximum Gasteiger partial charge on any atom is 0.242 e. The first-order valence-corrected chi connectivity index (χ1v) is 3.52. The summed E-state index contributed by atoms with van der Waals surface area (Å²) in [6.07, 6.45) is 0. The van der Waals surface area contributed by atoms with Gasteiger partial charge in [0.05, 0.1) is 0 Å². The molecule has 0 amide bonds. The van der Waals surface area contributed by atoms with Crippen LogP contribution in [0.1, 0.15) is 6.92 Å². The van der Waals surface area contributed by atoms with E-state index in [0.29, 0.717) is 6.61 Å². The fraction of sp³-hybridized carbons (Fsp3) is 1.00. The molecule has 0 unspecified atom stereocenters. The highest BCUT2D eigenvalue weighted by Gasteiger charge is 2.00. The van der Waals surface area contributed by atoms with Crippen molar-refractivity contribution in [2.24, 2.45) is 0 Å². The monoisotopic (exact) mass is 126 g/mol. The summed E-state index contributed by atoms with van der Waals surface area (Å²) in [4.78, 5) is 0. The van der Waals surface area contributed by atoms with Crippen molar-refractivity contribution in [3.63, 3.8) is 0 Å². The van der Waals surface area contributed by atoms with Gasteiger partial charge in [-0.15, -0.1) is 0 Å². The second-order valence-electron chi connectivity index (χ2n) is 1.05. The minimum absolute atomic E-state index is 0.427. The molecule has 1 nitrogen and oxygen atoms in total. The van der Waals surface area contributed by atoms with Gasteiger partial charge in [-0.05, 0) is 6.92 Å². The molecule has 0 heterocycles. The van der Waals surface area contributed by atoms with E-state index in [4.69, 9.17) is 0 Å². The average molecular weight is 126 g/mol. The molecule has 0 aliphatic heterocycles. The zero-order chi connectivity index (χ0) is 5.70. The SMILES string of the molecule is CCO[SiH2]C(F)F. The standard InChI is InChI=1S/C3H8F2OSi/c1-2-6-7-3(4)5/h3H,2,7H2,1H3. The van der Waals surface area contributed by atoms with Crippen molar-refractivity contribution in [1.29, 1.82) is 0 Å². The highest BCUT2D eigenvalue weighted by molar-refractivity contribution is 6.28. The van der Waals surface area contributed by atoms with Crippen LogP contribution < -0.4 is 0 Å². The lowest BCUT2D eigenvalue weighted by molar-refractivity contribution is 0.203. The van der Waals surface area contributed by atoms with E-state index < -0.39 is 15.8 Å². The molecule has 0 aromatic heterocycles. The Morgan fingerprint density at radius 3 is 2.43 bits per heavy atom. The van der Waals surface area contributed by atoms with E-state index in [1.165, 1.54) is 0 Å². The van der Waals surface area contributed by atoms with Crippen molar-refractivity contribution in [2.45, 2.75) is 13.0 Å². The van der Waals surface area contributed by atoms with E-state index in [0.717, 1.165) is 0 Å². The van der Waals surface area contributed by atoms with Gasteiger partial charge < -0.3 is 4.43 Å². The quantitative estimate of drug-likeness (QED) is 0.495. The third kappa shape index (κ3) is 6.04. The molecule has 0 atom stereocenters. The number of hydrogen-bond donors (Lipinski definition) is 0. The molecule has 44 valence electrons. The Bertz CT molecular complexity index is 41.9. The summed E-state index contributed by atoms with van der Waals surface area (Å²) in [6, 6.07) is -2.18. The molecule has 0 aromatic carbocycles. The fourth-order valence-electron chi connectivity index (χ4n) is 0.207. The minimum Gasteiger partial charge on any atom is -0.418 e. The molecule has 0 N–H and O–H groups in total. The van der Waals surface area contributed by atoms with Gasteiger partial charge in [0.25, 0.3) is 0 Å². The Kier molecular flexibility index (Phi) is 4.22. The number of hydrogen-bond acceptors (Lipinski definition) is 1. The predicted molar refractivity (Wildman–Crippen MR) is 26.2 cm³/mol. The summed E-state index contributed by atoms with van der Waals surface area (Å²) in [5.74, 6) is 0. The Balaban J connectivity index is 2.68. The molecule has 0 aromatic rings. The molecule has 7 heavy (non-hydrogen) atoms. The molecule has 0 aliphatic rings. The van der Waals surface area contributed by atoms with E-state index in [9.17, 15) is 8.78 Å². The van der Waals surface area contributed by atoms with Gasteiger partial charge in [0.15, 0.2) is 0 Å². The average Bonchev–Trinajstić information content (AvgIpc) is 1.61. The van der Waals surface area contributed by atoms with Crippen LogP contribution in [-0.4, -0.2) is 22.4 Å². The van der Waals surface area contributed by atoms with Gasteiger partial charge in [-0.25, -0.2) is 8.78 Å². The van der Waals surface area contributed by atoms with E-state index in [1.54, 1.807) is 6.92 Å². The van der Waals surface area contributed by atoms with E-state index in [2.05, 4.69) is 4.43 Å². The van der Waals surface area contributed by atoms with Crippen molar-refractivity contribution in [3.8, 4) is 0 Å². The number of alkyl halides is 2. The van der Waals surface area contributed by atoms with Crippen LogP contribution in [0.15, 0.2) is 0 Å². The summed E-state index contributed by atoms with van der Waals surface area (Å²) < 4.78 is 26.8. The Hall–Kier alpha value is 0.0369. The third-order valence-corrected chi connectivity index (χ3v) is 1.34. The molecule has 0 spiro atoms. The lowest BCUT2D eigenvalue weighted by Gasteiger charge is -1.94. The molecule has 4 heteroatoms. The second kappa shape index (κ2) is 4.20. The topological polar surface area (TPSA) is 9.23 Å². The van der Waals surface area contributed by atoms with E-state index in [-0.39, 0.29) is 0 Å². The predicted octanol–water partition coefficient (Wildman–Crippen LogP) is 0.329. The van der Waals surface area contributed by atoms with Gasteiger partial charge >= 0.3 is 0 Å². The maximum atomic E-state index is 11.2. The van der Waals surface area contributed by atoms with Crippen LogP contribution in [0.5, 0.6) is 0 Å². The summed E-state index contributed by atoms with van der Waals surface area (Å²) in [5.41, 5.74) is 0. The fourth-order valence-corrected chi connectivity index (χ4v) is 0.621. The van der Waals surface area contributed by atoms with Crippen molar-refractivity contribution < 1.29 is 13.2 Å². The van der Waals surface area contributed by atoms with Gasteiger partial charge in [0.1, 0.15) is 0 Å². The first-order chi connectivity index (χ1) is 3.27. The Morgan fingerprint density at radius 1 is 1.71 bits per heavy atom. The van der Waals surface area contributed by atoms with E-state index in [1.807, 2.05) is 0 Å². The lowest BCUT2D eigenvalue weighted by atomic mass is 10.9. The molecular weight excluding hydrogens is 118 g/mol. The second-order valence-corrected chi connectivity index (χ2v) is 2.41. The van der Waals surface area contributed by atoms with Crippen LogP contribution in [0.2, 0.25) is 0 Å². The zero-order valence-electron chi connectivity index (χ0n) is 4.16. The Morgan fingerprint density at radius 2 is 2.29 bits per heavy atom. The van der Waals surface area contributed by atoms with Crippen LogP contribution in [-0.2, 0) is 4.43 Å². The van der Waals surface area contributed by atoms with Gasteiger partial charge in [-0.2, -0.15) is 0 Å². The minimum atomic E-state index is -2.18. The van der Waals surface area contributed by atoms with Gasteiger partial charge in [-0.1, -0.05) is 0 Å².